The predicted octanol–water partition coefficient (Wildman–Crippen LogP) is 5.59. The number of aryl methyl sites for hydroxylation is 1. The molecule has 0 atom stereocenters. The molecule has 3 rings (SSSR count). The smallest absolute Gasteiger partial charge is 0.397 e. The average Bonchev–Trinajstić information content (AvgIpc) is 2.90. The van der Waals surface area contributed by atoms with E-state index in [1.54, 1.807) is 51.1 Å². The van der Waals surface area contributed by atoms with Crippen LogP contribution in [0.3, 0.4) is 0 Å². The summed E-state index contributed by atoms with van der Waals surface area (Å²) in [6.45, 7) is 8.24. The van der Waals surface area contributed by atoms with Gasteiger partial charge in [-0.3, -0.25) is 4.79 Å². The monoisotopic (exact) mass is 446 g/mol. The number of alkyl halides is 2. The molecule has 0 saturated carbocycles. The van der Waals surface area contributed by atoms with E-state index in [4.69, 9.17) is 9.47 Å². The summed E-state index contributed by atoms with van der Waals surface area (Å²) in [7, 11) is 0. The summed E-state index contributed by atoms with van der Waals surface area (Å²) in [5.41, 5.74) is 0.988. The number of nitrogens with one attached hydrogen (secondary N) is 1. The number of imide groups is 1. The number of benzene rings is 1. The maximum Gasteiger partial charge on any atom is 0.397 e. The summed E-state index contributed by atoms with van der Waals surface area (Å²) < 4.78 is 38.2. The van der Waals surface area contributed by atoms with Crippen molar-refractivity contribution >= 4 is 11.9 Å². The first kappa shape index (κ1) is 23.5. The van der Waals surface area contributed by atoms with E-state index in [9.17, 15) is 18.4 Å². The summed E-state index contributed by atoms with van der Waals surface area (Å²) in [6, 6.07) is 4.29. The third-order valence-electron chi connectivity index (χ3n) is 5.30. The quantitative estimate of drug-likeness (QED) is 0.578. The number of ether oxygens (including phenoxy) is 2. The molecule has 1 aliphatic heterocycles. The molecular formula is C24H28F2N2O4. The molecule has 1 saturated heterocycles. The molecular weight excluding hydrogens is 418 g/mol. The Morgan fingerprint density at radius 2 is 1.88 bits per heavy atom. The van der Waals surface area contributed by atoms with Crippen LogP contribution >= 0.6 is 0 Å². The second kappa shape index (κ2) is 8.76. The minimum absolute atomic E-state index is 0.0506. The molecule has 1 aromatic carbocycles. The van der Waals surface area contributed by atoms with Crippen molar-refractivity contribution < 1.29 is 27.8 Å². The molecule has 8 heteroatoms. The molecule has 6 nitrogen and oxygen atoms in total. The van der Waals surface area contributed by atoms with Crippen molar-refractivity contribution in [3.8, 4) is 11.5 Å². The number of nitrogens with zero attached hydrogens (tertiary/aromatic N) is 1. The number of rotatable bonds is 6. The Labute approximate surface area is 186 Å². The summed E-state index contributed by atoms with van der Waals surface area (Å²) in [5.74, 6) is 0.636. The molecule has 0 aromatic heterocycles. The van der Waals surface area contributed by atoms with Gasteiger partial charge < -0.3 is 14.8 Å². The average molecular weight is 446 g/mol. The van der Waals surface area contributed by atoms with Crippen LogP contribution in [0.1, 0.15) is 52.5 Å². The van der Waals surface area contributed by atoms with Crippen LogP contribution in [-0.4, -0.2) is 28.5 Å². The van der Waals surface area contributed by atoms with E-state index in [0.29, 0.717) is 35.6 Å². The Hall–Kier alpha value is -3.16. The second-order valence-electron chi connectivity index (χ2n) is 8.53. The Morgan fingerprint density at radius 1 is 1.16 bits per heavy atom. The number of amides is 3. The minimum Gasteiger partial charge on any atom is -0.462 e. The highest BCUT2D eigenvalue weighted by molar-refractivity contribution is 6.08. The van der Waals surface area contributed by atoms with Crippen molar-refractivity contribution in [1.82, 2.24) is 10.2 Å². The molecule has 0 bridgehead atoms. The highest BCUT2D eigenvalue weighted by atomic mass is 19.3. The van der Waals surface area contributed by atoms with Crippen molar-refractivity contribution in [2.45, 2.75) is 65.5 Å². The summed E-state index contributed by atoms with van der Waals surface area (Å²) in [5, 5.41) is 2.67. The standard InChI is InChI=1S/C24H28F2N2O4/c1-6-24(25,26)32-20-14-19(11-8-16(20)3)31-18-10-7-15(2)13-17(9-12-18)28-21(29)23(4,5)27-22(28)30/h8-9,11-14H,6-7,10H2,1-5H3,(H,27,30). The Balaban J connectivity index is 1.87. The van der Waals surface area contributed by atoms with Crippen molar-refractivity contribution in [1.29, 1.82) is 0 Å². The number of carbonyl (C=O) groups is 2. The largest absolute Gasteiger partial charge is 0.462 e. The third kappa shape index (κ3) is 5.18. The van der Waals surface area contributed by atoms with E-state index >= 15 is 0 Å². The van der Waals surface area contributed by atoms with Gasteiger partial charge in [-0.25, -0.2) is 9.69 Å². The Morgan fingerprint density at radius 3 is 2.50 bits per heavy atom. The zero-order valence-electron chi connectivity index (χ0n) is 18.9. The minimum atomic E-state index is -3.26. The fourth-order valence-corrected chi connectivity index (χ4v) is 3.30. The zero-order chi connectivity index (χ0) is 23.7. The van der Waals surface area contributed by atoms with Gasteiger partial charge in [0.25, 0.3) is 5.91 Å². The number of carbonyl (C=O) groups excluding carboxylic acids is 2. The van der Waals surface area contributed by atoms with Gasteiger partial charge in [0.15, 0.2) is 0 Å². The predicted molar refractivity (Wildman–Crippen MR) is 116 cm³/mol. The van der Waals surface area contributed by atoms with Gasteiger partial charge in [-0.05, 0) is 64.0 Å². The van der Waals surface area contributed by atoms with Gasteiger partial charge in [-0.2, -0.15) is 8.78 Å². The van der Waals surface area contributed by atoms with Crippen LogP contribution in [0.5, 0.6) is 11.5 Å². The maximum absolute atomic E-state index is 13.7. The molecule has 2 aliphatic rings. The number of urea groups is 1. The Bertz CT molecular complexity index is 1020. The first-order valence-corrected chi connectivity index (χ1v) is 10.5. The molecule has 0 radical (unpaired) electrons. The SMILES string of the molecule is CCC(F)(F)Oc1cc(OC2=CC=C(N3C(=O)NC(C)(C)C3=O)C=C(C)CC2)ccc1C. The van der Waals surface area contributed by atoms with E-state index in [-0.39, 0.29) is 11.7 Å². The summed E-state index contributed by atoms with van der Waals surface area (Å²) >= 11 is 0. The van der Waals surface area contributed by atoms with Crippen LogP contribution in [-0.2, 0) is 4.79 Å². The lowest BCUT2D eigenvalue weighted by Crippen LogP contribution is -2.40. The maximum atomic E-state index is 13.7. The van der Waals surface area contributed by atoms with Crippen molar-refractivity contribution in [3.63, 3.8) is 0 Å². The van der Waals surface area contributed by atoms with Crippen molar-refractivity contribution in [2.75, 3.05) is 0 Å². The van der Waals surface area contributed by atoms with Gasteiger partial charge in [0.2, 0.25) is 0 Å². The fourth-order valence-electron chi connectivity index (χ4n) is 3.30. The molecule has 3 amide bonds. The topological polar surface area (TPSA) is 67.9 Å². The van der Waals surface area contributed by atoms with E-state index in [1.165, 1.54) is 13.0 Å². The van der Waals surface area contributed by atoms with Crippen LogP contribution in [0.25, 0.3) is 0 Å². The van der Waals surface area contributed by atoms with E-state index in [2.05, 4.69) is 5.32 Å². The van der Waals surface area contributed by atoms with E-state index in [0.717, 1.165) is 10.5 Å². The van der Waals surface area contributed by atoms with Crippen LogP contribution in [0.15, 0.2) is 53.5 Å². The van der Waals surface area contributed by atoms with E-state index < -0.39 is 24.1 Å². The van der Waals surface area contributed by atoms with Crippen LogP contribution < -0.4 is 14.8 Å². The zero-order valence-corrected chi connectivity index (χ0v) is 18.9. The summed E-state index contributed by atoms with van der Waals surface area (Å²) in [6.07, 6.45) is 2.63. The molecule has 32 heavy (non-hydrogen) atoms. The van der Waals surface area contributed by atoms with Crippen molar-refractivity contribution in [2.24, 2.45) is 0 Å². The van der Waals surface area contributed by atoms with E-state index in [1.807, 2.05) is 6.92 Å². The molecule has 1 N–H and O–H groups in total. The Kier molecular flexibility index (Phi) is 6.44. The lowest BCUT2D eigenvalue weighted by atomic mass is 10.0. The highest BCUT2D eigenvalue weighted by Crippen LogP contribution is 2.32. The first-order chi connectivity index (χ1) is 14.9. The molecule has 172 valence electrons. The number of halogens is 2. The molecule has 0 spiro atoms. The van der Waals surface area contributed by atoms with Crippen LogP contribution in [0.4, 0.5) is 13.6 Å². The fraction of sp³-hybridized carbons (Fsp3) is 0.417. The third-order valence-corrected chi connectivity index (χ3v) is 5.30. The normalized spacial score (nSPS) is 18.8. The number of hydrogen-bond donors (Lipinski definition) is 1. The molecule has 1 aliphatic carbocycles. The van der Waals surface area contributed by atoms with Gasteiger partial charge >= 0.3 is 12.1 Å². The number of hydrogen-bond acceptors (Lipinski definition) is 4. The van der Waals surface area contributed by atoms with Crippen molar-refractivity contribution in [3.05, 3.63) is 59.0 Å². The second-order valence-corrected chi connectivity index (χ2v) is 8.53. The molecule has 0 unspecified atom stereocenters. The van der Waals surface area contributed by atoms with Gasteiger partial charge in [0, 0.05) is 18.9 Å². The molecule has 1 heterocycles. The van der Waals surface area contributed by atoms with Gasteiger partial charge in [0.1, 0.15) is 22.8 Å². The highest BCUT2D eigenvalue weighted by Gasteiger charge is 2.45. The first-order valence-electron chi connectivity index (χ1n) is 10.5. The lowest BCUT2D eigenvalue weighted by Gasteiger charge is -2.20. The van der Waals surface area contributed by atoms with Gasteiger partial charge in [-0.15, -0.1) is 0 Å². The number of allylic oxidation sites excluding steroid dienone is 5. The molecule has 1 aromatic rings. The van der Waals surface area contributed by atoms with Crippen LogP contribution in [0, 0.1) is 6.92 Å². The van der Waals surface area contributed by atoms with Crippen LogP contribution in [0.2, 0.25) is 0 Å². The summed E-state index contributed by atoms with van der Waals surface area (Å²) in [4.78, 5) is 26.2. The molecule has 1 fully saturated rings. The lowest BCUT2D eigenvalue weighted by molar-refractivity contribution is -0.177. The van der Waals surface area contributed by atoms with Gasteiger partial charge in [-0.1, -0.05) is 18.6 Å². The van der Waals surface area contributed by atoms with Gasteiger partial charge in [0.05, 0.1) is 5.70 Å².